The van der Waals surface area contributed by atoms with E-state index in [9.17, 15) is 4.79 Å². The lowest BCUT2D eigenvalue weighted by Crippen LogP contribution is -2.29. The second-order valence-electron chi connectivity index (χ2n) is 7.27. The fourth-order valence-electron chi connectivity index (χ4n) is 2.67. The number of esters is 1. The average molecular weight is 421 g/mol. The summed E-state index contributed by atoms with van der Waals surface area (Å²) in [7, 11) is 0. The average Bonchev–Trinajstić information content (AvgIpc) is 2.62. The molecule has 0 bridgehead atoms. The van der Waals surface area contributed by atoms with Gasteiger partial charge in [-0.05, 0) is 12.8 Å². The van der Waals surface area contributed by atoms with Crippen LogP contribution in [0.3, 0.4) is 0 Å². The Morgan fingerprint density at radius 1 is 0.962 bits per heavy atom. The molecule has 0 saturated heterocycles. The van der Waals surface area contributed by atoms with Crippen LogP contribution in [0.1, 0.15) is 98.3 Å². The minimum absolute atomic E-state index is 0.183. The van der Waals surface area contributed by atoms with Gasteiger partial charge in [-0.15, -0.1) is 11.8 Å². The van der Waals surface area contributed by atoms with E-state index in [0.29, 0.717) is 11.9 Å². The highest BCUT2D eigenvalue weighted by Gasteiger charge is 2.26. The third-order valence-corrected chi connectivity index (χ3v) is 7.33. The zero-order valence-electron chi connectivity index (χ0n) is 17.3. The normalized spacial score (nSPS) is 14.7. The molecule has 0 aromatic carbocycles. The summed E-state index contributed by atoms with van der Waals surface area (Å²) in [6.45, 7) is 8.92. The van der Waals surface area contributed by atoms with Gasteiger partial charge in [0.25, 0.3) is 0 Å². The topological polar surface area (TPSA) is 26.3 Å². The Kier molecular flexibility index (Phi) is 17.5. The van der Waals surface area contributed by atoms with Crippen molar-refractivity contribution in [3.05, 3.63) is 0 Å². The molecule has 26 heavy (non-hydrogen) atoms. The Bertz CT molecular complexity index is 374. The van der Waals surface area contributed by atoms with Gasteiger partial charge in [-0.2, -0.15) is 12.6 Å². The molecule has 0 aromatic rings. The first kappa shape index (κ1) is 26.3. The molecule has 3 unspecified atom stereocenters. The highest BCUT2D eigenvalue weighted by atomic mass is 32.2. The molecule has 0 heterocycles. The predicted molar refractivity (Wildman–Crippen MR) is 125 cm³/mol. The van der Waals surface area contributed by atoms with Gasteiger partial charge in [0.15, 0.2) is 0 Å². The molecule has 0 N–H and O–H groups in total. The van der Waals surface area contributed by atoms with Crippen LogP contribution in [0.25, 0.3) is 0 Å². The summed E-state index contributed by atoms with van der Waals surface area (Å²) in [6, 6.07) is 0. The Labute approximate surface area is 177 Å². The number of carbonyl (C=O) groups excluding carboxylic acids is 1. The maximum Gasteiger partial charge on any atom is 0.310 e. The number of carbonyl (C=O) groups is 1. The molecular formula is C21H40O2S3. The molecule has 0 amide bonds. The molecule has 0 aliphatic rings. The van der Waals surface area contributed by atoms with Crippen LogP contribution in [-0.2, 0) is 9.53 Å². The fourth-order valence-corrected chi connectivity index (χ4v) is 4.70. The molecule has 0 aromatic heterocycles. The fraction of sp³-hybridized carbons (Fsp3) is 0.905. The number of hydrogen-bond acceptors (Lipinski definition) is 5. The van der Waals surface area contributed by atoms with Crippen LogP contribution in [-0.4, -0.2) is 27.3 Å². The van der Waals surface area contributed by atoms with E-state index < -0.39 is 0 Å². The van der Waals surface area contributed by atoms with E-state index >= 15 is 0 Å². The van der Waals surface area contributed by atoms with Gasteiger partial charge in [0, 0.05) is 5.25 Å². The highest BCUT2D eigenvalue weighted by molar-refractivity contribution is 8.24. The van der Waals surface area contributed by atoms with Crippen LogP contribution in [0, 0.1) is 5.92 Å². The van der Waals surface area contributed by atoms with Crippen molar-refractivity contribution < 1.29 is 9.53 Å². The van der Waals surface area contributed by atoms with Gasteiger partial charge in [0.1, 0.15) is 0 Å². The van der Waals surface area contributed by atoms with Crippen LogP contribution < -0.4 is 0 Å². The number of ether oxygens (including phenoxy) is 1. The van der Waals surface area contributed by atoms with E-state index in [2.05, 4.69) is 33.4 Å². The van der Waals surface area contributed by atoms with Crippen molar-refractivity contribution in [3.63, 3.8) is 0 Å². The zero-order valence-corrected chi connectivity index (χ0v) is 19.8. The summed E-state index contributed by atoms with van der Waals surface area (Å²) < 4.78 is 6.11. The highest BCUT2D eigenvalue weighted by Crippen LogP contribution is 2.27. The van der Waals surface area contributed by atoms with Gasteiger partial charge in [0.2, 0.25) is 0 Å². The molecule has 154 valence electrons. The molecule has 0 spiro atoms. The first-order chi connectivity index (χ1) is 12.4. The van der Waals surface area contributed by atoms with E-state index in [4.69, 9.17) is 17.0 Å². The van der Waals surface area contributed by atoms with Crippen molar-refractivity contribution >= 4 is 46.8 Å². The summed E-state index contributed by atoms with van der Waals surface area (Å²) in [5.41, 5.74) is 0. The number of thiol groups is 1. The van der Waals surface area contributed by atoms with Gasteiger partial charge in [-0.3, -0.25) is 4.79 Å². The van der Waals surface area contributed by atoms with E-state index in [1.165, 1.54) is 57.8 Å². The third-order valence-electron chi connectivity index (χ3n) is 4.61. The maximum absolute atomic E-state index is 12.0. The number of thiocarbonyl (C=S) groups is 1. The SMILES string of the molecule is CCCCCCCCCCC(C)SC(=S)C(S)C(C)C(=O)OCCCC. The van der Waals surface area contributed by atoms with Crippen LogP contribution in [0.4, 0.5) is 0 Å². The van der Waals surface area contributed by atoms with Crippen molar-refractivity contribution in [2.24, 2.45) is 5.92 Å². The minimum atomic E-state index is -0.287. The lowest BCUT2D eigenvalue weighted by atomic mass is 10.1. The van der Waals surface area contributed by atoms with Crippen LogP contribution in [0.15, 0.2) is 0 Å². The van der Waals surface area contributed by atoms with Crippen LogP contribution in [0.5, 0.6) is 0 Å². The molecule has 3 atom stereocenters. The first-order valence-corrected chi connectivity index (χ1v) is 12.3. The maximum atomic E-state index is 12.0. The molecule has 0 aliphatic carbocycles. The lowest BCUT2D eigenvalue weighted by Gasteiger charge is -2.20. The number of hydrogen-bond donors (Lipinski definition) is 1. The number of unbranched alkanes of at least 4 members (excludes halogenated alkanes) is 8. The van der Waals surface area contributed by atoms with Crippen molar-refractivity contribution in [1.29, 1.82) is 0 Å². The molecule has 0 fully saturated rings. The van der Waals surface area contributed by atoms with Crippen LogP contribution >= 0.6 is 36.6 Å². The molecule has 0 rings (SSSR count). The van der Waals surface area contributed by atoms with Gasteiger partial charge in [-0.1, -0.05) is 97.7 Å². The summed E-state index contributed by atoms with van der Waals surface area (Å²) >= 11 is 11.8. The molecule has 2 nitrogen and oxygen atoms in total. The van der Waals surface area contributed by atoms with Gasteiger partial charge < -0.3 is 4.74 Å². The quantitative estimate of drug-likeness (QED) is 0.123. The minimum Gasteiger partial charge on any atom is -0.465 e. The molecule has 0 aliphatic heterocycles. The van der Waals surface area contributed by atoms with Crippen molar-refractivity contribution in [2.75, 3.05) is 6.61 Å². The Morgan fingerprint density at radius 3 is 2.08 bits per heavy atom. The van der Waals surface area contributed by atoms with Crippen molar-refractivity contribution in [1.82, 2.24) is 0 Å². The van der Waals surface area contributed by atoms with Crippen molar-refractivity contribution in [3.8, 4) is 0 Å². The van der Waals surface area contributed by atoms with Gasteiger partial charge in [-0.25, -0.2) is 0 Å². The monoisotopic (exact) mass is 420 g/mol. The van der Waals surface area contributed by atoms with E-state index in [0.717, 1.165) is 17.0 Å². The summed E-state index contributed by atoms with van der Waals surface area (Å²) in [5, 5.41) is 0.269. The largest absolute Gasteiger partial charge is 0.465 e. The first-order valence-electron chi connectivity index (χ1n) is 10.5. The predicted octanol–water partition coefficient (Wildman–Crippen LogP) is 7.24. The number of thioether (sulfide) groups is 1. The standard InChI is InChI=1S/C21H40O2S3/c1-5-7-9-10-11-12-13-14-15-17(3)26-21(25)19(24)18(4)20(22)23-16-8-6-2/h17-19,24H,5-16H2,1-4H3. The molecular weight excluding hydrogens is 380 g/mol. The molecule has 0 saturated carbocycles. The van der Waals surface area contributed by atoms with Gasteiger partial charge >= 0.3 is 5.97 Å². The Hall–Kier alpha value is 0.260. The van der Waals surface area contributed by atoms with E-state index in [1.54, 1.807) is 11.8 Å². The number of rotatable bonds is 16. The van der Waals surface area contributed by atoms with Crippen LogP contribution in [0.2, 0.25) is 0 Å². The van der Waals surface area contributed by atoms with E-state index in [1.807, 2.05) is 6.92 Å². The zero-order chi connectivity index (χ0) is 19.8. The second-order valence-corrected chi connectivity index (χ2v) is 10.0. The second kappa shape index (κ2) is 17.4. The third kappa shape index (κ3) is 13.4. The summed E-state index contributed by atoms with van der Waals surface area (Å²) in [5.74, 6) is -0.470. The Morgan fingerprint density at radius 2 is 1.50 bits per heavy atom. The van der Waals surface area contributed by atoms with Crippen molar-refractivity contribution in [2.45, 2.75) is 109 Å². The Balaban J connectivity index is 3.89. The lowest BCUT2D eigenvalue weighted by molar-refractivity contribution is -0.147. The summed E-state index contributed by atoms with van der Waals surface area (Å²) in [4.78, 5) is 12.0. The van der Waals surface area contributed by atoms with Gasteiger partial charge in [0.05, 0.1) is 22.0 Å². The van der Waals surface area contributed by atoms with E-state index in [-0.39, 0.29) is 17.1 Å². The summed E-state index contributed by atoms with van der Waals surface area (Å²) in [6.07, 6.45) is 13.9. The smallest absolute Gasteiger partial charge is 0.310 e. The molecule has 5 heteroatoms. The molecule has 0 radical (unpaired) electrons.